The molecule has 0 radical (unpaired) electrons. The van der Waals surface area contributed by atoms with Crippen LogP contribution in [0.1, 0.15) is 58.2 Å². The number of hydrogen-bond acceptors (Lipinski definition) is 5. The minimum Gasteiger partial charge on any atom is -0.338 e. The van der Waals surface area contributed by atoms with Crippen molar-refractivity contribution in [2.45, 2.75) is 38.9 Å². The summed E-state index contributed by atoms with van der Waals surface area (Å²) in [5.41, 5.74) is 4.16. The predicted octanol–water partition coefficient (Wildman–Crippen LogP) is 7.28. The highest BCUT2D eigenvalue weighted by molar-refractivity contribution is 7.16. The Morgan fingerprint density at radius 1 is 0.978 bits per heavy atom. The number of hydrogen-bond donors (Lipinski definition) is 3. The maximum atomic E-state index is 13.7. The lowest BCUT2D eigenvalue weighted by molar-refractivity contribution is -0.137. The standard InChI is InChI=1S/C32H29Cl2F3N6O2S/c1-2-38-31(45)39-19-24-28(30(44)41-42-16-4-3-5-17-42)40-43(26-14-11-22(33)18-25(26)34)29(24)27-15-13-23(46-27)12-8-20-6-9-21(10-7-20)32(35,36)37/h6-7,9-11,13-15,18H,2-5,16-17,19H2,1H3,(H,41,44)(H2,38,39,45). The zero-order valence-corrected chi connectivity index (χ0v) is 26.9. The van der Waals surface area contributed by atoms with Gasteiger partial charge in [0.05, 0.1) is 31.7 Å². The summed E-state index contributed by atoms with van der Waals surface area (Å²) in [4.78, 5) is 27.5. The number of halogens is 5. The summed E-state index contributed by atoms with van der Waals surface area (Å²) in [5.74, 6) is 5.48. The molecule has 3 heterocycles. The van der Waals surface area contributed by atoms with Crippen molar-refractivity contribution in [3.8, 4) is 28.1 Å². The third-order valence-electron chi connectivity index (χ3n) is 7.10. The van der Waals surface area contributed by atoms with E-state index in [0.29, 0.717) is 61.9 Å². The largest absolute Gasteiger partial charge is 0.416 e. The molecule has 240 valence electrons. The summed E-state index contributed by atoms with van der Waals surface area (Å²) in [6.07, 6.45) is -1.43. The van der Waals surface area contributed by atoms with E-state index in [9.17, 15) is 22.8 Å². The summed E-state index contributed by atoms with van der Waals surface area (Å²) in [6, 6.07) is 12.7. The van der Waals surface area contributed by atoms with Gasteiger partial charge in [-0.3, -0.25) is 10.2 Å². The Morgan fingerprint density at radius 3 is 2.39 bits per heavy atom. The Morgan fingerprint density at radius 2 is 1.72 bits per heavy atom. The molecule has 0 spiro atoms. The van der Waals surface area contributed by atoms with Crippen LogP contribution in [-0.2, 0) is 12.7 Å². The number of alkyl halides is 3. The average molecular weight is 690 g/mol. The molecule has 0 atom stereocenters. The van der Waals surface area contributed by atoms with E-state index in [1.54, 1.807) is 41.9 Å². The van der Waals surface area contributed by atoms with Crippen molar-refractivity contribution >= 4 is 46.5 Å². The molecule has 8 nitrogen and oxygen atoms in total. The molecule has 46 heavy (non-hydrogen) atoms. The molecular weight excluding hydrogens is 660 g/mol. The van der Waals surface area contributed by atoms with Crippen LogP contribution >= 0.6 is 34.5 Å². The second-order valence-electron chi connectivity index (χ2n) is 10.4. The normalized spacial score (nSPS) is 13.5. The van der Waals surface area contributed by atoms with E-state index >= 15 is 0 Å². The monoisotopic (exact) mass is 688 g/mol. The first kappa shape index (κ1) is 33.3. The summed E-state index contributed by atoms with van der Waals surface area (Å²) in [5, 5.41) is 12.8. The summed E-state index contributed by atoms with van der Waals surface area (Å²) < 4.78 is 40.4. The van der Waals surface area contributed by atoms with Crippen LogP contribution in [0.4, 0.5) is 18.0 Å². The molecule has 3 amide bonds. The Balaban J connectivity index is 1.58. The zero-order chi connectivity index (χ0) is 32.8. The fourth-order valence-electron chi connectivity index (χ4n) is 4.88. The van der Waals surface area contributed by atoms with E-state index in [0.717, 1.165) is 31.4 Å². The Bertz CT molecular complexity index is 1790. The molecule has 0 unspecified atom stereocenters. The third kappa shape index (κ3) is 8.03. The summed E-state index contributed by atoms with van der Waals surface area (Å²) in [6.45, 7) is 3.59. The Labute approximate surface area is 277 Å². The van der Waals surface area contributed by atoms with Gasteiger partial charge in [0.15, 0.2) is 5.69 Å². The van der Waals surface area contributed by atoms with Crippen LogP contribution in [0.3, 0.4) is 0 Å². The third-order valence-corrected chi connectivity index (χ3v) is 8.64. The highest BCUT2D eigenvalue weighted by atomic mass is 35.5. The quantitative estimate of drug-likeness (QED) is 0.178. The number of carbonyl (C=O) groups excluding carboxylic acids is 2. The van der Waals surface area contributed by atoms with Crippen LogP contribution < -0.4 is 16.1 Å². The molecule has 3 N–H and O–H groups in total. The fourth-order valence-corrected chi connectivity index (χ4v) is 6.29. The van der Waals surface area contributed by atoms with Crippen molar-refractivity contribution in [3.63, 3.8) is 0 Å². The number of urea groups is 1. The van der Waals surface area contributed by atoms with Crippen molar-refractivity contribution in [2.75, 3.05) is 19.6 Å². The van der Waals surface area contributed by atoms with Gasteiger partial charge in [0.2, 0.25) is 0 Å². The number of amides is 3. The highest BCUT2D eigenvalue weighted by Gasteiger charge is 2.30. The maximum absolute atomic E-state index is 13.7. The second kappa shape index (κ2) is 14.6. The molecule has 1 saturated heterocycles. The lowest BCUT2D eigenvalue weighted by Gasteiger charge is -2.26. The predicted molar refractivity (Wildman–Crippen MR) is 173 cm³/mol. The molecule has 4 aromatic rings. The molecule has 1 fully saturated rings. The minimum atomic E-state index is -4.43. The van der Waals surface area contributed by atoms with Gasteiger partial charge in [-0.1, -0.05) is 41.5 Å². The molecule has 1 aliphatic heterocycles. The molecule has 5 rings (SSSR count). The number of hydrazine groups is 1. The number of rotatable bonds is 7. The Hall–Kier alpha value is -4.02. The minimum absolute atomic E-state index is 0.0282. The number of aromatic nitrogens is 2. The lowest BCUT2D eigenvalue weighted by atomic mass is 10.1. The average Bonchev–Trinajstić information content (AvgIpc) is 3.64. The first-order valence-corrected chi connectivity index (χ1v) is 16.0. The van der Waals surface area contributed by atoms with Crippen molar-refractivity contribution in [1.82, 2.24) is 30.8 Å². The van der Waals surface area contributed by atoms with Gasteiger partial charge >= 0.3 is 12.2 Å². The molecule has 0 saturated carbocycles. The van der Waals surface area contributed by atoms with E-state index in [4.69, 9.17) is 28.3 Å². The lowest BCUT2D eigenvalue weighted by Crippen LogP contribution is -2.45. The molecule has 0 aliphatic carbocycles. The molecule has 1 aliphatic rings. The summed E-state index contributed by atoms with van der Waals surface area (Å²) in [7, 11) is 0. The number of nitrogens with one attached hydrogen (secondary N) is 3. The van der Waals surface area contributed by atoms with E-state index in [1.807, 2.05) is 5.01 Å². The first-order valence-electron chi connectivity index (χ1n) is 14.5. The van der Waals surface area contributed by atoms with Crippen molar-refractivity contribution in [1.29, 1.82) is 0 Å². The zero-order valence-electron chi connectivity index (χ0n) is 24.6. The van der Waals surface area contributed by atoms with Gasteiger partial charge in [-0.05, 0) is 74.4 Å². The van der Waals surface area contributed by atoms with Gasteiger partial charge in [-0.15, -0.1) is 11.3 Å². The van der Waals surface area contributed by atoms with E-state index in [2.05, 4.69) is 27.9 Å². The van der Waals surface area contributed by atoms with E-state index in [1.165, 1.54) is 23.5 Å². The molecule has 0 bridgehead atoms. The number of thiophene rings is 1. The number of nitrogens with zero attached hydrogens (tertiary/aromatic N) is 3. The van der Waals surface area contributed by atoms with E-state index < -0.39 is 23.7 Å². The van der Waals surface area contributed by atoms with Gasteiger partial charge < -0.3 is 10.6 Å². The Kier molecular flexibility index (Phi) is 10.6. The molecule has 2 aromatic carbocycles. The van der Waals surface area contributed by atoms with Crippen molar-refractivity contribution in [2.24, 2.45) is 0 Å². The summed E-state index contributed by atoms with van der Waals surface area (Å²) >= 11 is 14.1. The van der Waals surface area contributed by atoms with Gasteiger partial charge in [0.25, 0.3) is 5.91 Å². The highest BCUT2D eigenvalue weighted by Crippen LogP contribution is 2.37. The number of piperidine rings is 1. The van der Waals surface area contributed by atoms with Crippen LogP contribution in [0, 0.1) is 11.8 Å². The van der Waals surface area contributed by atoms with Crippen LogP contribution in [-0.4, -0.2) is 46.4 Å². The maximum Gasteiger partial charge on any atom is 0.416 e. The van der Waals surface area contributed by atoms with Gasteiger partial charge in [0.1, 0.15) is 0 Å². The molecule has 14 heteroatoms. The van der Waals surface area contributed by atoms with Crippen LogP contribution in [0.25, 0.3) is 16.3 Å². The molecule has 2 aromatic heterocycles. The van der Waals surface area contributed by atoms with E-state index in [-0.39, 0.29) is 12.2 Å². The van der Waals surface area contributed by atoms with Gasteiger partial charge in [-0.2, -0.15) is 18.3 Å². The van der Waals surface area contributed by atoms with Crippen LogP contribution in [0.15, 0.2) is 54.6 Å². The SMILES string of the molecule is CCNC(=O)NCc1c(C(=O)NN2CCCCC2)nn(-c2ccc(Cl)cc2Cl)c1-c1ccc(C#Cc2ccc(C(F)(F)F)cc2)s1. The topological polar surface area (TPSA) is 91.3 Å². The molecular formula is C32H29Cl2F3N6O2S. The smallest absolute Gasteiger partial charge is 0.338 e. The van der Waals surface area contributed by atoms with Crippen LogP contribution in [0.5, 0.6) is 0 Å². The fraction of sp³-hybridized carbons (Fsp3) is 0.281. The second-order valence-corrected chi connectivity index (χ2v) is 12.3. The van der Waals surface area contributed by atoms with Crippen molar-refractivity contribution < 1.29 is 22.8 Å². The van der Waals surface area contributed by atoms with Crippen LogP contribution in [0.2, 0.25) is 10.0 Å². The van der Waals surface area contributed by atoms with Gasteiger partial charge in [0, 0.05) is 42.3 Å². The van der Waals surface area contributed by atoms with Gasteiger partial charge in [-0.25, -0.2) is 14.5 Å². The number of benzene rings is 2. The first-order chi connectivity index (χ1) is 22.0. The number of carbonyl (C=O) groups is 2. The van der Waals surface area contributed by atoms with Crippen molar-refractivity contribution in [3.05, 3.63) is 91.9 Å².